The summed E-state index contributed by atoms with van der Waals surface area (Å²) in [6.45, 7) is 6.19. The van der Waals surface area contributed by atoms with E-state index in [2.05, 4.69) is 11.8 Å². The highest BCUT2D eigenvalue weighted by molar-refractivity contribution is 5.55. The quantitative estimate of drug-likeness (QED) is 0.837. The van der Waals surface area contributed by atoms with Gasteiger partial charge in [-0.05, 0) is 55.9 Å². The fourth-order valence-electron chi connectivity index (χ4n) is 2.37. The lowest BCUT2D eigenvalue weighted by Gasteiger charge is -2.28. The molecule has 1 aliphatic carbocycles. The van der Waals surface area contributed by atoms with E-state index in [1.165, 1.54) is 18.9 Å². The molecule has 0 amide bonds. The van der Waals surface area contributed by atoms with E-state index in [1.807, 2.05) is 13.0 Å². The van der Waals surface area contributed by atoms with Crippen molar-refractivity contribution in [3.63, 3.8) is 0 Å². The Morgan fingerprint density at radius 2 is 2.17 bits per heavy atom. The molecule has 1 aliphatic rings. The fraction of sp³-hybridized carbons (Fsp3) is 0.600. The third kappa shape index (κ3) is 3.22. The summed E-state index contributed by atoms with van der Waals surface area (Å²) in [5.41, 5.74) is 8.00. The summed E-state index contributed by atoms with van der Waals surface area (Å²) in [5.74, 6) is 0.622. The highest BCUT2D eigenvalue weighted by atomic mass is 19.1. The van der Waals surface area contributed by atoms with Crippen LogP contribution in [0.1, 0.15) is 44.7 Å². The highest BCUT2D eigenvalue weighted by Gasteiger charge is 2.25. The Kier molecular flexibility index (Phi) is 4.23. The Labute approximate surface area is 109 Å². The predicted octanol–water partition coefficient (Wildman–Crippen LogP) is 3.47. The van der Waals surface area contributed by atoms with Gasteiger partial charge in [0.15, 0.2) is 0 Å². The molecule has 2 rings (SSSR count). The summed E-state index contributed by atoms with van der Waals surface area (Å²) in [6.07, 6.45) is 3.76. The molecular formula is C15H23FN2. The molecule has 0 aromatic heterocycles. The second-order valence-corrected chi connectivity index (χ2v) is 5.38. The van der Waals surface area contributed by atoms with Gasteiger partial charge in [-0.1, -0.05) is 6.92 Å². The van der Waals surface area contributed by atoms with Crippen molar-refractivity contribution in [3.8, 4) is 0 Å². The molecule has 100 valence electrons. The Morgan fingerprint density at radius 1 is 1.44 bits per heavy atom. The van der Waals surface area contributed by atoms with Crippen LogP contribution in [0.2, 0.25) is 0 Å². The van der Waals surface area contributed by atoms with Gasteiger partial charge in [-0.25, -0.2) is 4.39 Å². The van der Waals surface area contributed by atoms with E-state index in [-0.39, 0.29) is 11.9 Å². The second kappa shape index (κ2) is 5.70. The minimum absolute atomic E-state index is 0.130. The largest absolute Gasteiger partial charge is 0.371 e. The predicted molar refractivity (Wildman–Crippen MR) is 74.2 cm³/mol. The summed E-state index contributed by atoms with van der Waals surface area (Å²) in [4.78, 5) is 2.37. The molecule has 1 aromatic carbocycles. The molecule has 1 atom stereocenters. The van der Waals surface area contributed by atoms with Gasteiger partial charge in [0.2, 0.25) is 0 Å². The average molecular weight is 250 g/mol. The summed E-state index contributed by atoms with van der Waals surface area (Å²) in [5, 5.41) is 0. The summed E-state index contributed by atoms with van der Waals surface area (Å²) in [6, 6.07) is 4.87. The van der Waals surface area contributed by atoms with Crippen molar-refractivity contribution < 1.29 is 4.39 Å². The molecule has 18 heavy (non-hydrogen) atoms. The van der Waals surface area contributed by atoms with Crippen molar-refractivity contribution in [2.75, 3.05) is 18.0 Å². The smallest absolute Gasteiger partial charge is 0.123 e. The first-order chi connectivity index (χ1) is 8.61. The number of nitrogens with two attached hydrogens (primary N) is 1. The van der Waals surface area contributed by atoms with Gasteiger partial charge in [0.1, 0.15) is 5.82 Å². The van der Waals surface area contributed by atoms with Gasteiger partial charge in [-0.3, -0.25) is 0 Å². The third-order valence-electron chi connectivity index (χ3n) is 3.49. The van der Waals surface area contributed by atoms with E-state index >= 15 is 0 Å². The minimum Gasteiger partial charge on any atom is -0.371 e. The zero-order chi connectivity index (χ0) is 13.1. The van der Waals surface area contributed by atoms with Crippen molar-refractivity contribution in [1.29, 1.82) is 0 Å². The first-order valence-corrected chi connectivity index (χ1v) is 6.91. The van der Waals surface area contributed by atoms with Gasteiger partial charge in [0.05, 0.1) is 0 Å². The molecule has 0 saturated heterocycles. The van der Waals surface area contributed by atoms with Gasteiger partial charge in [-0.15, -0.1) is 0 Å². The maximum absolute atomic E-state index is 13.4. The Morgan fingerprint density at radius 3 is 2.72 bits per heavy atom. The Hall–Kier alpha value is -1.09. The first-order valence-electron chi connectivity index (χ1n) is 6.91. The van der Waals surface area contributed by atoms with Crippen LogP contribution in [-0.4, -0.2) is 13.1 Å². The number of anilines is 1. The lowest BCUT2D eigenvalue weighted by atomic mass is 10.0. The summed E-state index contributed by atoms with van der Waals surface area (Å²) in [7, 11) is 0. The number of nitrogens with zero attached hydrogens (tertiary/aromatic N) is 1. The fourth-order valence-corrected chi connectivity index (χ4v) is 2.37. The van der Waals surface area contributed by atoms with Gasteiger partial charge < -0.3 is 10.6 Å². The molecule has 0 heterocycles. The zero-order valence-electron chi connectivity index (χ0n) is 11.3. The van der Waals surface area contributed by atoms with Crippen molar-refractivity contribution in [1.82, 2.24) is 0 Å². The van der Waals surface area contributed by atoms with Crippen LogP contribution in [0.3, 0.4) is 0 Å². The molecule has 0 aliphatic heterocycles. The van der Waals surface area contributed by atoms with E-state index in [0.717, 1.165) is 36.7 Å². The molecule has 0 unspecified atom stereocenters. The van der Waals surface area contributed by atoms with E-state index in [0.29, 0.717) is 0 Å². The molecule has 0 bridgehead atoms. The molecular weight excluding hydrogens is 227 g/mol. The maximum atomic E-state index is 13.4. The van der Waals surface area contributed by atoms with E-state index in [9.17, 15) is 4.39 Å². The average Bonchev–Trinajstić information content (AvgIpc) is 3.12. The van der Waals surface area contributed by atoms with Crippen LogP contribution in [0, 0.1) is 11.7 Å². The lowest BCUT2D eigenvalue weighted by molar-refractivity contribution is 0.620. The van der Waals surface area contributed by atoms with Gasteiger partial charge >= 0.3 is 0 Å². The van der Waals surface area contributed by atoms with Crippen molar-refractivity contribution >= 4 is 5.69 Å². The highest BCUT2D eigenvalue weighted by Crippen LogP contribution is 2.33. The normalized spacial score (nSPS) is 16.7. The maximum Gasteiger partial charge on any atom is 0.123 e. The molecule has 3 heteroatoms. The molecule has 0 radical (unpaired) electrons. The van der Waals surface area contributed by atoms with Gasteiger partial charge in [0, 0.05) is 24.8 Å². The number of halogens is 1. The Bertz CT molecular complexity index is 399. The van der Waals surface area contributed by atoms with Gasteiger partial charge in [0.25, 0.3) is 0 Å². The molecule has 0 spiro atoms. The molecule has 2 nitrogen and oxygen atoms in total. The van der Waals surface area contributed by atoms with Crippen molar-refractivity contribution in [3.05, 3.63) is 29.6 Å². The monoisotopic (exact) mass is 250 g/mol. The second-order valence-electron chi connectivity index (χ2n) is 5.38. The van der Waals surface area contributed by atoms with Crippen LogP contribution in [0.15, 0.2) is 18.2 Å². The first kappa shape index (κ1) is 13.3. The van der Waals surface area contributed by atoms with Crippen molar-refractivity contribution in [2.45, 2.75) is 39.2 Å². The number of benzene rings is 1. The summed E-state index contributed by atoms with van der Waals surface area (Å²) >= 11 is 0. The molecule has 1 fully saturated rings. The summed E-state index contributed by atoms with van der Waals surface area (Å²) < 4.78 is 13.4. The SMILES string of the molecule is CCCN(CC1CC1)c1ccc(F)cc1[C@H](C)N. The van der Waals surface area contributed by atoms with Crippen LogP contribution < -0.4 is 10.6 Å². The molecule has 1 saturated carbocycles. The van der Waals surface area contributed by atoms with Crippen LogP contribution in [0.5, 0.6) is 0 Å². The number of hydrogen-bond donors (Lipinski definition) is 1. The standard InChI is InChI=1S/C15H23FN2/c1-3-8-18(10-12-4-5-12)15-7-6-13(16)9-14(15)11(2)17/h6-7,9,11-12H,3-5,8,10,17H2,1-2H3/t11-/m0/s1. The van der Waals surface area contributed by atoms with E-state index in [4.69, 9.17) is 5.73 Å². The zero-order valence-corrected chi connectivity index (χ0v) is 11.3. The molecule has 2 N–H and O–H groups in total. The van der Waals surface area contributed by atoms with Crippen LogP contribution in [0.25, 0.3) is 0 Å². The van der Waals surface area contributed by atoms with Crippen molar-refractivity contribution in [2.24, 2.45) is 11.7 Å². The molecule has 1 aromatic rings. The van der Waals surface area contributed by atoms with Crippen LogP contribution in [-0.2, 0) is 0 Å². The van der Waals surface area contributed by atoms with E-state index in [1.54, 1.807) is 6.07 Å². The number of hydrogen-bond acceptors (Lipinski definition) is 2. The number of rotatable bonds is 6. The van der Waals surface area contributed by atoms with Gasteiger partial charge in [-0.2, -0.15) is 0 Å². The van der Waals surface area contributed by atoms with Crippen LogP contribution >= 0.6 is 0 Å². The van der Waals surface area contributed by atoms with E-state index < -0.39 is 0 Å². The van der Waals surface area contributed by atoms with Crippen LogP contribution in [0.4, 0.5) is 10.1 Å². The Balaban J connectivity index is 2.26. The minimum atomic E-state index is -0.200. The third-order valence-corrected chi connectivity index (χ3v) is 3.49. The topological polar surface area (TPSA) is 29.3 Å². The lowest BCUT2D eigenvalue weighted by Crippen LogP contribution is -2.28.